The minimum absolute atomic E-state index is 0.0399. The number of nitrogens with one attached hydrogen (secondary N) is 2. The van der Waals surface area contributed by atoms with Gasteiger partial charge in [-0.05, 0) is 70.1 Å². The van der Waals surface area contributed by atoms with Crippen molar-refractivity contribution < 1.29 is 19.5 Å². The van der Waals surface area contributed by atoms with Crippen LogP contribution < -0.4 is 15.5 Å². The lowest BCUT2D eigenvalue weighted by Crippen LogP contribution is -2.36. The van der Waals surface area contributed by atoms with Gasteiger partial charge in [-0.3, -0.25) is 9.59 Å². The number of hydrogen-bond acceptors (Lipinski definition) is 6. The summed E-state index contributed by atoms with van der Waals surface area (Å²) in [5, 5.41) is 23.7. The zero-order chi connectivity index (χ0) is 31.8. The van der Waals surface area contributed by atoms with E-state index in [0.717, 1.165) is 83.0 Å². The quantitative estimate of drug-likeness (QED) is 0.181. The average molecular weight is 606 g/mol. The van der Waals surface area contributed by atoms with Gasteiger partial charge in [0, 0.05) is 36.9 Å². The van der Waals surface area contributed by atoms with Crippen LogP contribution in [0, 0.1) is 5.92 Å². The molecule has 1 heterocycles. The van der Waals surface area contributed by atoms with Crippen LogP contribution in [0.2, 0.25) is 0 Å². The molecule has 1 saturated carbocycles. The summed E-state index contributed by atoms with van der Waals surface area (Å²) in [4.78, 5) is 42.8. The van der Waals surface area contributed by atoms with E-state index < -0.39 is 5.78 Å². The Bertz CT molecular complexity index is 1320. The fraction of sp³-hybridized carbons (Fsp3) is 0.600. The van der Waals surface area contributed by atoms with Crippen molar-refractivity contribution in [2.75, 3.05) is 29.9 Å². The second kappa shape index (κ2) is 15.4. The highest BCUT2D eigenvalue weighted by Gasteiger charge is 2.44. The van der Waals surface area contributed by atoms with Gasteiger partial charge in [-0.25, -0.2) is 9.80 Å². The van der Waals surface area contributed by atoms with Gasteiger partial charge in [0.15, 0.2) is 0 Å². The summed E-state index contributed by atoms with van der Waals surface area (Å²) < 4.78 is 0. The molecule has 0 radical (unpaired) electrons. The Hall–Kier alpha value is -3.62. The van der Waals surface area contributed by atoms with Gasteiger partial charge in [-0.2, -0.15) is 5.10 Å². The van der Waals surface area contributed by atoms with Crippen molar-refractivity contribution in [2.45, 2.75) is 111 Å². The van der Waals surface area contributed by atoms with Crippen LogP contribution in [0.4, 0.5) is 16.2 Å². The third-order valence-corrected chi connectivity index (χ3v) is 9.24. The minimum atomic E-state index is -0.398. The van der Waals surface area contributed by atoms with Gasteiger partial charge in [-0.15, -0.1) is 0 Å². The summed E-state index contributed by atoms with van der Waals surface area (Å²) in [7, 11) is 0. The molecular formula is C35H51N5O4. The van der Waals surface area contributed by atoms with Crippen molar-refractivity contribution in [3.63, 3.8) is 0 Å². The van der Waals surface area contributed by atoms with E-state index in [2.05, 4.69) is 50.2 Å². The molecule has 3 aliphatic rings. The lowest BCUT2D eigenvalue weighted by Gasteiger charge is -2.27. The topological polar surface area (TPSA) is 114 Å². The number of ketones is 1. The lowest BCUT2D eigenvalue weighted by atomic mass is 9.78. The fourth-order valence-electron chi connectivity index (χ4n) is 6.49. The number of benzene rings is 1. The highest BCUT2D eigenvalue weighted by Crippen LogP contribution is 2.43. The second-order valence-electron chi connectivity index (χ2n) is 12.2. The zero-order valence-corrected chi connectivity index (χ0v) is 27.3. The Balaban J connectivity index is 1.70. The molecule has 1 atom stereocenters. The number of hydrogen-bond donors (Lipinski definition) is 3. The minimum Gasteiger partial charge on any atom is -0.506 e. The molecule has 1 aromatic carbocycles. The van der Waals surface area contributed by atoms with Crippen LogP contribution in [-0.2, 0) is 9.59 Å². The molecule has 2 aliphatic carbocycles. The number of aliphatic hydroxyl groups is 1. The Morgan fingerprint density at radius 1 is 1.02 bits per heavy atom. The largest absolute Gasteiger partial charge is 0.506 e. The third-order valence-electron chi connectivity index (χ3n) is 9.24. The van der Waals surface area contributed by atoms with E-state index in [1.165, 1.54) is 5.01 Å². The Kier molecular flexibility index (Phi) is 11.6. The van der Waals surface area contributed by atoms with Gasteiger partial charge in [0.1, 0.15) is 5.76 Å². The highest BCUT2D eigenvalue weighted by atomic mass is 16.3. The molecule has 4 rings (SSSR count). The predicted molar refractivity (Wildman–Crippen MR) is 178 cm³/mol. The number of hydrazone groups is 1. The summed E-state index contributed by atoms with van der Waals surface area (Å²) in [5.41, 5.74) is 2.75. The average Bonchev–Trinajstić information content (AvgIpc) is 3.63. The molecule has 9 nitrogen and oxygen atoms in total. The van der Waals surface area contributed by atoms with Crippen molar-refractivity contribution in [1.29, 1.82) is 0 Å². The number of rotatable bonds is 15. The normalized spacial score (nSPS) is 19.4. The van der Waals surface area contributed by atoms with Crippen molar-refractivity contribution >= 4 is 40.4 Å². The van der Waals surface area contributed by atoms with Crippen LogP contribution in [-0.4, -0.2) is 59.2 Å². The SMILES string of the molecule is CCCCC1=NN(CC(CC)CCCC)C(=O)/C1=C1/C(=O)C(c2ccc(N(CC)CC)cc2NC(=O)NC2CCCC2)=C1O. The van der Waals surface area contributed by atoms with E-state index in [9.17, 15) is 19.5 Å². The standard InChI is InChI=1S/C35H51N5O4/c1-6-11-15-23(8-3)22-40-34(43)30(27(38-40)18-12-7-2)31-32(41)29(33(31)42)26-20-19-25(39(9-4)10-5)21-28(26)37-35(44)36-24-16-13-14-17-24/h19-21,23-24,41H,6-18,22H2,1-5H3,(H2,36,37,44)/b31-30+. The number of allylic oxidation sites excluding steroid dienone is 2. The molecule has 0 aromatic heterocycles. The number of anilines is 2. The van der Waals surface area contributed by atoms with E-state index in [0.29, 0.717) is 35.8 Å². The van der Waals surface area contributed by atoms with Crippen LogP contribution in [0.5, 0.6) is 0 Å². The molecule has 0 bridgehead atoms. The van der Waals surface area contributed by atoms with Crippen molar-refractivity contribution in [1.82, 2.24) is 10.3 Å². The lowest BCUT2D eigenvalue weighted by molar-refractivity contribution is -0.126. The molecule has 3 amide bonds. The maximum atomic E-state index is 13.9. The van der Waals surface area contributed by atoms with Gasteiger partial charge < -0.3 is 20.6 Å². The summed E-state index contributed by atoms with van der Waals surface area (Å²) in [6.07, 6.45) is 10.5. The Labute approximate surface area is 262 Å². The maximum absolute atomic E-state index is 13.9. The fourth-order valence-corrected chi connectivity index (χ4v) is 6.49. The Morgan fingerprint density at radius 3 is 2.34 bits per heavy atom. The van der Waals surface area contributed by atoms with Crippen LogP contribution in [0.15, 0.2) is 40.2 Å². The molecule has 240 valence electrons. The maximum Gasteiger partial charge on any atom is 0.319 e. The molecular weight excluding hydrogens is 554 g/mol. The zero-order valence-electron chi connectivity index (χ0n) is 27.3. The van der Waals surface area contributed by atoms with E-state index in [1.807, 2.05) is 12.1 Å². The molecule has 3 N–H and O–H groups in total. The number of urea groups is 1. The van der Waals surface area contributed by atoms with Crippen LogP contribution in [0.25, 0.3) is 5.57 Å². The van der Waals surface area contributed by atoms with Crippen molar-refractivity contribution in [3.05, 3.63) is 40.7 Å². The molecule has 1 aromatic rings. The number of amides is 3. The summed E-state index contributed by atoms with van der Waals surface area (Å²) in [5.74, 6) is -0.599. The number of nitrogens with zero attached hydrogens (tertiary/aromatic N) is 3. The van der Waals surface area contributed by atoms with Gasteiger partial charge in [0.2, 0.25) is 5.78 Å². The monoisotopic (exact) mass is 605 g/mol. The van der Waals surface area contributed by atoms with Gasteiger partial charge in [-0.1, -0.05) is 59.3 Å². The van der Waals surface area contributed by atoms with Crippen LogP contribution in [0.1, 0.15) is 111 Å². The van der Waals surface area contributed by atoms with Gasteiger partial charge >= 0.3 is 6.03 Å². The van der Waals surface area contributed by atoms with Gasteiger partial charge in [0.25, 0.3) is 5.91 Å². The number of carbonyl (C=O) groups excluding carboxylic acids is 3. The Morgan fingerprint density at radius 2 is 1.73 bits per heavy atom. The summed E-state index contributed by atoms with van der Waals surface area (Å²) in [6, 6.07) is 5.33. The smallest absolute Gasteiger partial charge is 0.319 e. The van der Waals surface area contributed by atoms with E-state index in [-0.39, 0.29) is 40.5 Å². The van der Waals surface area contributed by atoms with Crippen LogP contribution >= 0.6 is 0 Å². The third kappa shape index (κ3) is 7.19. The molecule has 1 aliphatic heterocycles. The number of unbranched alkanes of at least 4 members (excludes halogenated alkanes) is 2. The van der Waals surface area contributed by atoms with E-state index in [4.69, 9.17) is 5.10 Å². The van der Waals surface area contributed by atoms with E-state index in [1.54, 1.807) is 6.07 Å². The first kappa shape index (κ1) is 33.3. The van der Waals surface area contributed by atoms with Crippen molar-refractivity contribution in [3.8, 4) is 0 Å². The molecule has 0 saturated heterocycles. The summed E-state index contributed by atoms with van der Waals surface area (Å²) in [6.45, 7) is 12.5. The number of carbonyl (C=O) groups is 3. The molecule has 0 spiro atoms. The van der Waals surface area contributed by atoms with E-state index >= 15 is 0 Å². The van der Waals surface area contributed by atoms with Crippen molar-refractivity contribution in [2.24, 2.45) is 11.0 Å². The summed E-state index contributed by atoms with van der Waals surface area (Å²) >= 11 is 0. The molecule has 1 unspecified atom stereocenters. The predicted octanol–water partition coefficient (Wildman–Crippen LogP) is 7.35. The van der Waals surface area contributed by atoms with Gasteiger partial charge in [0.05, 0.1) is 28.1 Å². The first-order valence-electron chi connectivity index (χ1n) is 16.9. The first-order valence-corrected chi connectivity index (χ1v) is 16.9. The van der Waals surface area contributed by atoms with Crippen LogP contribution in [0.3, 0.4) is 0 Å². The molecule has 1 fully saturated rings. The second-order valence-corrected chi connectivity index (χ2v) is 12.2. The molecule has 9 heteroatoms. The molecule has 44 heavy (non-hydrogen) atoms. The highest BCUT2D eigenvalue weighted by molar-refractivity contribution is 6.44. The first-order chi connectivity index (χ1) is 21.3. The number of aliphatic hydroxyl groups excluding tert-OH is 1. The number of Topliss-reactive ketones (excluding diaryl/α,β-unsaturated/α-hetero) is 1.